The second-order valence-electron chi connectivity index (χ2n) is 6.41. The predicted octanol–water partition coefficient (Wildman–Crippen LogP) is 2.86. The summed E-state index contributed by atoms with van der Waals surface area (Å²) >= 11 is 3.71. The first kappa shape index (κ1) is 18.4. The van der Waals surface area contributed by atoms with Gasteiger partial charge in [0.25, 0.3) is 0 Å². The molecule has 1 aliphatic carbocycles. The van der Waals surface area contributed by atoms with Crippen LogP contribution in [0.4, 0.5) is 0 Å². The maximum Gasteiger partial charge on any atom is 0.217 e. The lowest BCUT2D eigenvalue weighted by molar-refractivity contribution is -0.120. The minimum absolute atomic E-state index is 0.115. The fourth-order valence-electron chi connectivity index (χ4n) is 3.20. The van der Waals surface area contributed by atoms with Gasteiger partial charge in [0.1, 0.15) is 0 Å². The molecule has 0 saturated heterocycles. The topological polar surface area (TPSA) is 61.4 Å². The Morgan fingerprint density at radius 2 is 2.22 bits per heavy atom. The Bertz CT molecular complexity index is 562. The zero-order chi connectivity index (χ0) is 17.0. The summed E-state index contributed by atoms with van der Waals surface area (Å²) in [5.41, 5.74) is 4.06. The minimum atomic E-state index is -0.595. The van der Waals surface area contributed by atoms with E-state index in [0.717, 1.165) is 25.7 Å². The number of aliphatic hydroxyl groups is 1. The first-order valence-electron chi connectivity index (χ1n) is 8.42. The molecule has 23 heavy (non-hydrogen) atoms. The van der Waals surface area contributed by atoms with Gasteiger partial charge in [0.05, 0.1) is 12.1 Å². The van der Waals surface area contributed by atoms with Gasteiger partial charge in [0.2, 0.25) is 5.91 Å². The van der Waals surface area contributed by atoms with Gasteiger partial charge in [-0.3, -0.25) is 4.79 Å². The van der Waals surface area contributed by atoms with E-state index in [1.807, 2.05) is 6.92 Å². The van der Waals surface area contributed by atoms with Crippen LogP contribution in [0, 0.1) is 0 Å². The normalized spacial score (nSPS) is 19.8. The van der Waals surface area contributed by atoms with E-state index >= 15 is 0 Å². The number of halogens is 1. The zero-order valence-corrected chi connectivity index (χ0v) is 15.7. The van der Waals surface area contributed by atoms with Gasteiger partial charge in [-0.1, -0.05) is 28.9 Å². The molecule has 2 rings (SSSR count). The molecule has 0 saturated carbocycles. The molecule has 1 amide bonds. The Hall–Kier alpha value is -0.910. The monoisotopic (exact) mass is 382 g/mol. The van der Waals surface area contributed by atoms with Crippen LogP contribution in [-0.2, 0) is 17.6 Å². The van der Waals surface area contributed by atoms with Gasteiger partial charge in [-0.2, -0.15) is 0 Å². The molecule has 3 atom stereocenters. The van der Waals surface area contributed by atoms with E-state index in [-0.39, 0.29) is 18.0 Å². The molecule has 128 valence electrons. The van der Waals surface area contributed by atoms with Crippen molar-refractivity contribution in [3.8, 4) is 0 Å². The number of carbonyl (C=O) groups is 1. The number of fused-ring (bicyclic) bond motifs is 1. The van der Waals surface area contributed by atoms with Crippen LogP contribution < -0.4 is 10.6 Å². The molecule has 3 N–H and O–H groups in total. The molecular formula is C18H27BrN2O2. The summed E-state index contributed by atoms with van der Waals surface area (Å²) in [7, 11) is 0. The molecule has 0 unspecified atom stereocenters. The Kier molecular flexibility index (Phi) is 6.62. The second kappa shape index (κ2) is 8.27. The summed E-state index contributed by atoms with van der Waals surface area (Å²) in [5, 5.41) is 16.4. The van der Waals surface area contributed by atoms with Crippen LogP contribution in [0.25, 0.3) is 0 Å². The third-order valence-corrected chi connectivity index (χ3v) is 5.28. The summed E-state index contributed by atoms with van der Waals surface area (Å²) in [6, 6.07) is 4.52. The largest absolute Gasteiger partial charge is 0.390 e. The lowest BCUT2D eigenvalue weighted by atomic mass is 9.86. The summed E-state index contributed by atoms with van der Waals surface area (Å²) in [5.74, 6) is -0.115. The molecular weight excluding hydrogens is 356 g/mol. The number of aryl methyl sites for hydroxylation is 1. The van der Waals surface area contributed by atoms with Crippen LogP contribution in [-0.4, -0.2) is 29.7 Å². The standard InChI is InChI=1S/C18H27BrN2O2/c1-4-13-8-15-14(16(19)9-13)6-5-7-17(15)20-10-18(23)11(2)21-12(3)22/h8-9,11,17-18,20,23H,4-7,10H2,1-3H3,(H,21,22)/t11-,17-,18+/m0/s1. The Morgan fingerprint density at radius 3 is 2.87 bits per heavy atom. The van der Waals surface area contributed by atoms with E-state index < -0.39 is 6.10 Å². The van der Waals surface area contributed by atoms with Crippen molar-refractivity contribution >= 4 is 21.8 Å². The fraction of sp³-hybridized carbons (Fsp3) is 0.611. The zero-order valence-electron chi connectivity index (χ0n) is 14.2. The van der Waals surface area contributed by atoms with Crippen LogP contribution >= 0.6 is 15.9 Å². The first-order valence-corrected chi connectivity index (χ1v) is 9.21. The van der Waals surface area contributed by atoms with Crippen LogP contribution in [0.5, 0.6) is 0 Å². The SMILES string of the molecule is CCc1cc(Br)c2c(c1)[C@@H](NC[C@@H](O)[C@H](C)NC(C)=O)CCC2. The Labute approximate surface area is 147 Å². The maximum absolute atomic E-state index is 11.1. The van der Waals surface area contributed by atoms with Gasteiger partial charge in [-0.05, 0) is 55.4 Å². The molecule has 1 aliphatic rings. The van der Waals surface area contributed by atoms with Crippen molar-refractivity contribution in [1.82, 2.24) is 10.6 Å². The highest BCUT2D eigenvalue weighted by atomic mass is 79.9. The van der Waals surface area contributed by atoms with Crippen molar-refractivity contribution < 1.29 is 9.90 Å². The molecule has 1 aromatic rings. The summed E-state index contributed by atoms with van der Waals surface area (Å²) < 4.78 is 1.20. The molecule has 1 aromatic carbocycles. The van der Waals surface area contributed by atoms with E-state index in [4.69, 9.17) is 0 Å². The van der Waals surface area contributed by atoms with Gasteiger partial charge >= 0.3 is 0 Å². The summed E-state index contributed by atoms with van der Waals surface area (Å²) in [6.07, 6.45) is 3.74. The van der Waals surface area contributed by atoms with Crippen molar-refractivity contribution in [2.45, 2.75) is 64.6 Å². The highest BCUT2D eigenvalue weighted by molar-refractivity contribution is 9.10. The van der Waals surface area contributed by atoms with Crippen LogP contribution in [0.3, 0.4) is 0 Å². The smallest absolute Gasteiger partial charge is 0.217 e. The number of hydrogen-bond acceptors (Lipinski definition) is 3. The van der Waals surface area contributed by atoms with Gasteiger partial charge < -0.3 is 15.7 Å². The molecule has 5 heteroatoms. The molecule has 0 fully saturated rings. The Morgan fingerprint density at radius 1 is 1.48 bits per heavy atom. The highest BCUT2D eigenvalue weighted by Crippen LogP contribution is 2.35. The number of carbonyl (C=O) groups excluding carboxylic acids is 1. The Balaban J connectivity index is 2.06. The van der Waals surface area contributed by atoms with E-state index in [1.54, 1.807) is 0 Å². The number of aliphatic hydroxyl groups excluding tert-OH is 1. The van der Waals surface area contributed by atoms with E-state index in [9.17, 15) is 9.90 Å². The molecule has 0 heterocycles. The number of rotatable bonds is 6. The molecule has 4 nitrogen and oxygen atoms in total. The molecule has 0 bridgehead atoms. The lowest BCUT2D eigenvalue weighted by Crippen LogP contribution is -2.45. The van der Waals surface area contributed by atoms with Crippen molar-refractivity contribution in [3.05, 3.63) is 33.3 Å². The number of hydrogen-bond donors (Lipinski definition) is 3. The quantitative estimate of drug-likeness (QED) is 0.708. The minimum Gasteiger partial charge on any atom is -0.390 e. The average Bonchev–Trinajstić information content (AvgIpc) is 2.51. The molecule has 0 aliphatic heterocycles. The van der Waals surface area contributed by atoms with E-state index in [2.05, 4.69) is 45.6 Å². The molecule has 0 aromatic heterocycles. The van der Waals surface area contributed by atoms with Gasteiger partial charge in [0, 0.05) is 24.0 Å². The third kappa shape index (κ3) is 4.78. The summed E-state index contributed by atoms with van der Waals surface area (Å²) in [4.78, 5) is 11.1. The maximum atomic E-state index is 11.1. The van der Waals surface area contributed by atoms with Crippen LogP contribution in [0.2, 0.25) is 0 Å². The molecule has 0 radical (unpaired) electrons. The van der Waals surface area contributed by atoms with E-state index in [1.165, 1.54) is 28.1 Å². The number of benzene rings is 1. The van der Waals surface area contributed by atoms with Gasteiger partial charge in [-0.25, -0.2) is 0 Å². The fourth-order valence-corrected chi connectivity index (χ4v) is 3.92. The second-order valence-corrected chi connectivity index (χ2v) is 7.26. The van der Waals surface area contributed by atoms with Gasteiger partial charge in [-0.15, -0.1) is 0 Å². The van der Waals surface area contributed by atoms with Gasteiger partial charge in [0.15, 0.2) is 0 Å². The van der Waals surface area contributed by atoms with Crippen LogP contribution in [0.1, 0.15) is 56.3 Å². The first-order chi connectivity index (χ1) is 10.9. The third-order valence-electron chi connectivity index (χ3n) is 4.57. The van der Waals surface area contributed by atoms with Crippen LogP contribution in [0.15, 0.2) is 16.6 Å². The average molecular weight is 383 g/mol. The molecule has 0 spiro atoms. The summed E-state index contributed by atoms with van der Waals surface area (Å²) in [6.45, 7) is 5.93. The van der Waals surface area contributed by atoms with Crippen molar-refractivity contribution in [2.75, 3.05) is 6.54 Å². The van der Waals surface area contributed by atoms with Crippen molar-refractivity contribution in [2.24, 2.45) is 0 Å². The van der Waals surface area contributed by atoms with Crippen molar-refractivity contribution in [3.63, 3.8) is 0 Å². The number of amides is 1. The highest BCUT2D eigenvalue weighted by Gasteiger charge is 2.24. The number of nitrogens with one attached hydrogen (secondary N) is 2. The lowest BCUT2D eigenvalue weighted by Gasteiger charge is -2.30. The predicted molar refractivity (Wildman–Crippen MR) is 96.5 cm³/mol. The van der Waals surface area contributed by atoms with E-state index in [0.29, 0.717) is 6.54 Å². The van der Waals surface area contributed by atoms with Crippen molar-refractivity contribution in [1.29, 1.82) is 0 Å².